The summed E-state index contributed by atoms with van der Waals surface area (Å²) < 4.78 is 0. The minimum absolute atomic E-state index is 0. The summed E-state index contributed by atoms with van der Waals surface area (Å²) in [6.45, 7) is 11.3. The van der Waals surface area contributed by atoms with Gasteiger partial charge in [0.15, 0.2) is 0 Å². The van der Waals surface area contributed by atoms with Crippen LogP contribution in [0.3, 0.4) is 0 Å². The van der Waals surface area contributed by atoms with E-state index in [0.717, 1.165) is 24.3 Å². The van der Waals surface area contributed by atoms with Crippen molar-refractivity contribution in [2.75, 3.05) is 4.90 Å². The summed E-state index contributed by atoms with van der Waals surface area (Å²) in [6.07, 6.45) is 9.91. The van der Waals surface area contributed by atoms with Crippen molar-refractivity contribution < 1.29 is 20.1 Å². The summed E-state index contributed by atoms with van der Waals surface area (Å²) in [5.74, 6) is 1.80. The van der Waals surface area contributed by atoms with E-state index in [-0.39, 0.29) is 26.3 Å². The summed E-state index contributed by atoms with van der Waals surface area (Å²) >= 11 is 0. The first kappa shape index (κ1) is 23.5. The van der Waals surface area contributed by atoms with Crippen LogP contribution in [0.2, 0.25) is 0 Å². The van der Waals surface area contributed by atoms with Crippen molar-refractivity contribution >= 4 is 11.5 Å². The van der Waals surface area contributed by atoms with Crippen LogP contribution < -0.4 is 10.3 Å². The van der Waals surface area contributed by atoms with Crippen molar-refractivity contribution in [2.45, 2.75) is 65.5 Å². The van der Waals surface area contributed by atoms with Gasteiger partial charge in [-0.05, 0) is 41.0 Å². The molecule has 0 amide bonds. The van der Waals surface area contributed by atoms with Crippen molar-refractivity contribution in [1.82, 2.24) is 5.43 Å². The first-order valence-corrected chi connectivity index (χ1v) is 11.1. The van der Waals surface area contributed by atoms with Gasteiger partial charge in [-0.3, -0.25) is 5.43 Å². The van der Waals surface area contributed by atoms with Gasteiger partial charge in [-0.25, -0.2) is 5.10 Å². The van der Waals surface area contributed by atoms with Crippen molar-refractivity contribution in [3.8, 4) is 0 Å². The van der Waals surface area contributed by atoms with E-state index in [2.05, 4.69) is 106 Å². The van der Waals surface area contributed by atoms with E-state index in [4.69, 9.17) is 5.10 Å². The average Bonchev–Trinajstić information content (AvgIpc) is 3.18. The van der Waals surface area contributed by atoms with E-state index >= 15 is 0 Å². The third kappa shape index (κ3) is 4.56. The normalized spacial score (nSPS) is 18.0. The fourth-order valence-electron chi connectivity index (χ4n) is 4.38. The average molecular weight is 591 g/mol. The van der Waals surface area contributed by atoms with E-state index < -0.39 is 0 Å². The van der Waals surface area contributed by atoms with Crippen LogP contribution in [0.4, 0.5) is 5.69 Å². The Morgan fingerprint density at radius 2 is 1.68 bits per heavy atom. The Hall–Kier alpha value is -2.16. The van der Waals surface area contributed by atoms with Gasteiger partial charge in [0.05, 0.1) is 0 Å². The predicted molar refractivity (Wildman–Crippen MR) is 127 cm³/mol. The van der Waals surface area contributed by atoms with E-state index in [9.17, 15) is 0 Å². The van der Waals surface area contributed by atoms with Crippen molar-refractivity contribution in [2.24, 2.45) is 5.10 Å². The second-order valence-electron chi connectivity index (χ2n) is 8.82. The summed E-state index contributed by atoms with van der Waals surface area (Å²) in [6, 6.07) is 15.3. The molecule has 1 atom stereocenters. The molecule has 0 aromatic heterocycles. The molecule has 0 saturated heterocycles. The fourth-order valence-corrected chi connectivity index (χ4v) is 4.38. The van der Waals surface area contributed by atoms with Crippen molar-refractivity contribution in [3.05, 3.63) is 88.5 Å². The van der Waals surface area contributed by atoms with Gasteiger partial charge in [0.25, 0.3) is 0 Å². The zero-order valence-corrected chi connectivity index (χ0v) is 21.5. The summed E-state index contributed by atoms with van der Waals surface area (Å²) in [5, 5.41) is 4.86. The molecule has 1 aliphatic heterocycles. The summed E-state index contributed by atoms with van der Waals surface area (Å²) in [4.78, 5) is 2.42. The van der Waals surface area contributed by atoms with Crippen molar-refractivity contribution in [3.63, 3.8) is 0 Å². The maximum absolute atomic E-state index is 4.86. The minimum Gasteiger partial charge on any atom is -0.352 e. The Balaban J connectivity index is 0.00000272. The van der Waals surface area contributed by atoms with Crippen LogP contribution in [0.5, 0.6) is 0 Å². The molecule has 0 spiro atoms. The second-order valence-corrected chi connectivity index (χ2v) is 8.82. The van der Waals surface area contributed by atoms with Crippen LogP contribution >= 0.6 is 0 Å². The molecule has 2 aromatic rings. The van der Waals surface area contributed by atoms with Crippen LogP contribution in [0, 0.1) is 13.0 Å². The molecule has 2 aromatic carbocycles. The zero-order chi connectivity index (χ0) is 21.3. The molecule has 165 valence electrons. The molecule has 4 heteroatoms. The van der Waals surface area contributed by atoms with Crippen molar-refractivity contribution in [1.29, 1.82) is 0 Å². The molecule has 0 saturated carbocycles. The smallest absolute Gasteiger partial charge is 0.136 e. The number of nitrogens with one attached hydrogen (secondary N) is 1. The van der Waals surface area contributed by atoms with Gasteiger partial charge in [0.2, 0.25) is 0 Å². The van der Waals surface area contributed by atoms with E-state index in [1.54, 1.807) is 0 Å². The standard InChI is InChI=1S/C27H32N3.Ir/c1-18(2)22-16-11-17-23(19(3)4)25(22)30-26(21-13-7-6-8-14-21)28-29-27(30)24-15-10-9-12-20(24)5;/h7,9-13,15-19,27,29H,6,8H2,1-5H3;/q-1;. The van der Waals surface area contributed by atoms with Crippen LogP contribution in [0.25, 0.3) is 0 Å². The van der Waals surface area contributed by atoms with Gasteiger partial charge in [-0.1, -0.05) is 83.0 Å². The van der Waals surface area contributed by atoms with Crippen LogP contribution in [0.15, 0.2) is 65.3 Å². The molecule has 1 aliphatic carbocycles. The van der Waals surface area contributed by atoms with E-state index in [1.807, 2.05) is 0 Å². The number of allylic oxidation sites excluding steroid dienone is 2. The maximum atomic E-state index is 4.86. The number of amidine groups is 1. The van der Waals surface area contributed by atoms with Crippen LogP contribution in [-0.4, -0.2) is 5.84 Å². The predicted octanol–water partition coefficient (Wildman–Crippen LogP) is 6.74. The van der Waals surface area contributed by atoms with Gasteiger partial charge in [-0.2, -0.15) is 17.7 Å². The molecule has 0 fully saturated rings. The first-order chi connectivity index (χ1) is 14.5. The molecule has 1 radical (unpaired) electrons. The number of para-hydroxylation sites is 1. The zero-order valence-electron chi connectivity index (χ0n) is 19.1. The largest absolute Gasteiger partial charge is 0.352 e. The Kier molecular flexibility index (Phi) is 7.56. The van der Waals surface area contributed by atoms with Crippen LogP contribution in [0.1, 0.15) is 80.8 Å². The number of nitrogens with zero attached hydrogens (tertiary/aromatic N) is 2. The number of rotatable bonds is 5. The number of anilines is 1. The summed E-state index contributed by atoms with van der Waals surface area (Å²) in [5.41, 5.74) is 11.1. The number of hydrazone groups is 1. The number of benzene rings is 2. The third-order valence-electron chi connectivity index (χ3n) is 6.00. The molecular formula is C27H32IrN3-. The number of hydrogen-bond acceptors (Lipinski definition) is 3. The molecule has 3 nitrogen and oxygen atoms in total. The quantitative estimate of drug-likeness (QED) is 0.391. The SMILES string of the molecule is Cc1ccccc1C1NN=C(C2=[C-]CCC=C2)N1c1c(C(C)C)cccc1C(C)C.[Ir]. The molecule has 1 heterocycles. The Labute approximate surface area is 200 Å². The van der Waals surface area contributed by atoms with Gasteiger partial charge in [-0.15, -0.1) is 6.08 Å². The fraction of sp³-hybridized carbons (Fsp3) is 0.370. The molecule has 0 bridgehead atoms. The van der Waals surface area contributed by atoms with E-state index in [1.165, 1.54) is 27.9 Å². The molecule has 4 rings (SSSR count). The molecule has 1 unspecified atom stereocenters. The second kappa shape index (κ2) is 9.97. The third-order valence-corrected chi connectivity index (χ3v) is 6.00. The van der Waals surface area contributed by atoms with Crippen LogP contribution in [-0.2, 0) is 20.1 Å². The van der Waals surface area contributed by atoms with E-state index in [0.29, 0.717) is 11.8 Å². The van der Waals surface area contributed by atoms with Gasteiger partial charge in [0, 0.05) is 31.6 Å². The first-order valence-electron chi connectivity index (χ1n) is 11.1. The van der Waals surface area contributed by atoms with Gasteiger partial charge in [0.1, 0.15) is 6.17 Å². The minimum atomic E-state index is -0.0387. The van der Waals surface area contributed by atoms with Gasteiger partial charge < -0.3 is 4.90 Å². The Bertz CT molecular complexity index is 991. The summed E-state index contributed by atoms with van der Waals surface area (Å²) in [7, 11) is 0. The molecular weight excluding hydrogens is 559 g/mol. The maximum Gasteiger partial charge on any atom is 0.136 e. The number of aryl methyl sites for hydroxylation is 1. The Morgan fingerprint density at radius 1 is 1.00 bits per heavy atom. The number of hydrogen-bond donors (Lipinski definition) is 1. The molecule has 1 N–H and O–H groups in total. The Morgan fingerprint density at radius 3 is 2.26 bits per heavy atom. The topological polar surface area (TPSA) is 27.6 Å². The van der Waals surface area contributed by atoms with Gasteiger partial charge >= 0.3 is 0 Å². The molecule has 31 heavy (non-hydrogen) atoms. The molecule has 2 aliphatic rings. The monoisotopic (exact) mass is 591 g/mol.